The maximum atomic E-state index is 13.5. The van der Waals surface area contributed by atoms with Crippen molar-refractivity contribution in [3.05, 3.63) is 30.7 Å². The minimum absolute atomic E-state index is 0.132. The summed E-state index contributed by atoms with van der Waals surface area (Å²) >= 11 is 5.89. The van der Waals surface area contributed by atoms with Crippen LogP contribution in [0.5, 0.6) is 0 Å². The summed E-state index contributed by atoms with van der Waals surface area (Å²) in [4.78, 5) is 34.4. The molecule has 0 amide bonds. The molecular weight excluding hydrogens is 651 g/mol. The summed E-state index contributed by atoms with van der Waals surface area (Å²) in [6.45, 7) is -4.76. The molecule has 3 fully saturated rings. The highest BCUT2D eigenvalue weighted by Gasteiger charge is 2.50. The van der Waals surface area contributed by atoms with Gasteiger partial charge in [0, 0.05) is 12.6 Å². The Morgan fingerprint density at radius 2 is 1.89 bits per heavy atom. The second-order valence-corrected chi connectivity index (χ2v) is 14.9. The summed E-state index contributed by atoms with van der Waals surface area (Å²) in [7, 11) is 0. The van der Waals surface area contributed by atoms with Gasteiger partial charge in [0.25, 0.3) is 0 Å². The highest BCUT2D eigenvalue weighted by molar-refractivity contribution is 8.44. The van der Waals surface area contributed by atoms with Crippen molar-refractivity contribution in [1.82, 2.24) is 34.1 Å². The van der Waals surface area contributed by atoms with E-state index in [9.17, 15) is 14.5 Å². The number of ether oxygens (including phenoxy) is 4. The van der Waals surface area contributed by atoms with E-state index in [2.05, 4.69) is 37.2 Å². The first-order valence-corrected chi connectivity index (χ1v) is 17.8. The molecule has 2 bridgehead atoms. The smallest absolute Gasteiger partial charge is 0.431 e. The van der Waals surface area contributed by atoms with E-state index < -0.39 is 62.5 Å². The third-order valence-corrected chi connectivity index (χ3v) is 10.9. The molecule has 0 aromatic carbocycles. The maximum Gasteiger partial charge on any atom is 0.508 e. The fraction of sp³-hybridized carbons (Fsp3) is 0.520. The molecule has 0 radical (unpaired) electrons. The van der Waals surface area contributed by atoms with Crippen LogP contribution in [-0.2, 0) is 39.0 Å². The number of nitrogens with two attached hydrogens (primary N) is 1. The van der Waals surface area contributed by atoms with Crippen LogP contribution >= 0.6 is 30.8 Å². The van der Waals surface area contributed by atoms with Gasteiger partial charge in [0.2, 0.25) is 0 Å². The zero-order valence-electron chi connectivity index (χ0n) is 23.3. The molecule has 0 saturated carbocycles. The molecule has 1 unspecified atom stereocenters. The van der Waals surface area contributed by atoms with E-state index in [4.69, 9.17) is 33.7 Å². The van der Waals surface area contributed by atoms with Gasteiger partial charge in [-0.25, -0.2) is 34.3 Å². The number of rotatable bonds is 2. The van der Waals surface area contributed by atoms with E-state index in [-0.39, 0.29) is 24.5 Å². The van der Waals surface area contributed by atoms with Crippen molar-refractivity contribution in [3.8, 4) is 0 Å². The zero-order chi connectivity index (χ0) is 30.9. The number of cyclic esters (lactones) is 1. The van der Waals surface area contributed by atoms with Crippen LogP contribution in [0.4, 0.5) is 10.6 Å². The van der Waals surface area contributed by atoms with Crippen LogP contribution in [0.2, 0.25) is 0 Å². The van der Waals surface area contributed by atoms with Gasteiger partial charge in [-0.15, -0.1) is 11.8 Å². The topological polar surface area (TPSA) is 210 Å². The van der Waals surface area contributed by atoms with Gasteiger partial charge < -0.3 is 34.4 Å². The Labute approximate surface area is 263 Å². The van der Waals surface area contributed by atoms with Crippen molar-refractivity contribution >= 4 is 65.0 Å². The highest BCUT2D eigenvalue weighted by atomic mass is 32.7. The number of hydrogen-bond acceptors (Lipinski definition) is 16. The quantitative estimate of drug-likeness (QED) is 0.120. The van der Waals surface area contributed by atoms with Gasteiger partial charge >= 0.3 is 13.0 Å². The molecular formula is C25H27N8O9PS2. The molecule has 3 saturated heterocycles. The first-order valence-electron chi connectivity index (χ1n) is 14.1. The lowest BCUT2D eigenvalue weighted by Gasteiger charge is -2.23. The third-order valence-electron chi connectivity index (χ3n) is 8.22. The second kappa shape index (κ2) is 11.3. The summed E-state index contributed by atoms with van der Waals surface area (Å²) in [6, 6.07) is 0. The first kappa shape index (κ1) is 29.4. The van der Waals surface area contributed by atoms with Crippen molar-refractivity contribution in [2.75, 3.05) is 24.7 Å². The van der Waals surface area contributed by atoms with Gasteiger partial charge in [-0.05, 0) is 24.2 Å². The Kier molecular flexibility index (Phi) is 7.40. The lowest BCUT2D eigenvalue weighted by Crippen LogP contribution is -2.37. The van der Waals surface area contributed by atoms with Crippen molar-refractivity contribution in [2.24, 2.45) is 0 Å². The number of fused-ring (bicyclic) bond motifs is 4. The Hall–Kier alpha value is -3.03. The fourth-order valence-electron chi connectivity index (χ4n) is 6.14. The number of imidazole rings is 1. The highest BCUT2D eigenvalue weighted by Crippen LogP contribution is 2.57. The van der Waals surface area contributed by atoms with Gasteiger partial charge in [0.15, 0.2) is 23.8 Å². The molecule has 8 rings (SSSR count). The van der Waals surface area contributed by atoms with Gasteiger partial charge in [-0.1, -0.05) is 12.2 Å². The standard InChI is InChI=1S/C25H27N8O9PS2/c26-20-17-22(29-8-27-20)33(10-31-17)24-19-18(34)14(40-24)7-38-43(36,44)42-12-4-15(39-13(12)6-37-25(35)41-19)32-5-11-2-1-3-45-23-16(11)21(32)28-9-30-23/h5,8-10,12-15,18-19,24,34H,1-4,6-7H2,(H,36,44)(H2,26,27,29)/t12-,13+,14+,15+,18+,19+,24+,43?/m0/s1. The lowest BCUT2D eigenvalue weighted by molar-refractivity contribution is -0.0828. The van der Waals surface area contributed by atoms with E-state index >= 15 is 0 Å². The number of aliphatic hydroxyl groups is 1. The van der Waals surface area contributed by atoms with Crippen LogP contribution in [0.1, 0.15) is 30.9 Å². The van der Waals surface area contributed by atoms with Crippen molar-refractivity contribution in [2.45, 2.75) is 67.3 Å². The Bertz CT molecular complexity index is 1840. The number of anilines is 1. The van der Waals surface area contributed by atoms with Crippen LogP contribution in [0.25, 0.3) is 22.2 Å². The average Bonchev–Trinajstić information content (AvgIpc) is 3.75. The van der Waals surface area contributed by atoms with Gasteiger partial charge in [-0.2, -0.15) is 0 Å². The minimum atomic E-state index is -4.04. The normalized spacial score (nSPS) is 33.9. The summed E-state index contributed by atoms with van der Waals surface area (Å²) in [5.74, 6) is 1.10. The molecule has 8 atom stereocenters. The average molecular weight is 679 g/mol. The van der Waals surface area contributed by atoms with Crippen LogP contribution in [-0.4, -0.2) is 94.8 Å². The predicted octanol–water partition coefficient (Wildman–Crippen LogP) is 2.41. The SMILES string of the molecule is Nc1ncnc2c1ncn2[C@@H]1O[C@@H]2COP(=O)(S)O[C@H]3C[C@H](n4cc5c6c(ncnc64)SCCC5)O[C@@H]3COC(=O)O[C@@H]1[C@@H]2O. The van der Waals surface area contributed by atoms with E-state index in [0.717, 1.165) is 34.6 Å². The Morgan fingerprint density at radius 1 is 1.04 bits per heavy atom. The summed E-state index contributed by atoms with van der Waals surface area (Å²) in [5.41, 5.74) is 8.32. The molecule has 17 nitrogen and oxygen atoms in total. The number of carbonyl (C=O) groups excluding carboxylic acids is 1. The Morgan fingerprint density at radius 3 is 2.78 bits per heavy atom. The first-order chi connectivity index (χ1) is 21.8. The number of nitrogen functional groups attached to an aromatic ring is 1. The number of aromatic nitrogens is 7. The summed E-state index contributed by atoms with van der Waals surface area (Å²) in [5, 5.41) is 13.0. The monoisotopic (exact) mass is 678 g/mol. The fourth-order valence-corrected chi connectivity index (χ4v) is 8.63. The van der Waals surface area contributed by atoms with Gasteiger partial charge in [0.05, 0.1) is 18.3 Å². The number of aryl methyl sites for hydroxylation is 1. The lowest BCUT2D eigenvalue weighted by atomic mass is 10.1. The Balaban J connectivity index is 1.07. The minimum Gasteiger partial charge on any atom is -0.431 e. The summed E-state index contributed by atoms with van der Waals surface area (Å²) in [6.07, 6.45) is -0.0495. The van der Waals surface area contributed by atoms with Crippen molar-refractivity contribution < 1.29 is 42.5 Å². The summed E-state index contributed by atoms with van der Waals surface area (Å²) < 4.78 is 51.7. The van der Waals surface area contributed by atoms with Crippen LogP contribution in [0.3, 0.4) is 0 Å². The molecule has 4 aromatic rings. The predicted molar refractivity (Wildman–Crippen MR) is 158 cm³/mol. The molecule has 0 spiro atoms. The molecule has 4 aromatic heterocycles. The van der Waals surface area contributed by atoms with Crippen molar-refractivity contribution in [1.29, 1.82) is 0 Å². The number of thiol groups is 1. The van der Waals surface area contributed by atoms with E-state index in [1.54, 1.807) is 11.8 Å². The molecule has 20 heteroatoms. The van der Waals surface area contributed by atoms with Crippen molar-refractivity contribution in [3.63, 3.8) is 0 Å². The third kappa shape index (κ3) is 5.24. The molecule has 3 N–H and O–H groups in total. The van der Waals surface area contributed by atoms with E-state index in [1.807, 2.05) is 10.8 Å². The molecule has 8 heterocycles. The number of nitrogens with zero attached hydrogens (tertiary/aromatic N) is 7. The largest absolute Gasteiger partial charge is 0.508 e. The molecule has 0 aliphatic carbocycles. The maximum absolute atomic E-state index is 13.5. The molecule has 4 aliphatic rings. The number of hydrogen-bond donors (Lipinski definition) is 3. The van der Waals surface area contributed by atoms with Gasteiger partial charge in [-0.3, -0.25) is 13.6 Å². The molecule has 4 aliphatic heterocycles. The number of aliphatic hydroxyl groups excluding tert-OH is 1. The number of carbonyl (C=O) groups is 1. The van der Waals surface area contributed by atoms with Crippen LogP contribution in [0.15, 0.2) is 30.2 Å². The van der Waals surface area contributed by atoms with Crippen LogP contribution < -0.4 is 5.73 Å². The van der Waals surface area contributed by atoms with E-state index in [1.165, 1.54) is 23.5 Å². The molecule has 238 valence electrons. The second-order valence-electron chi connectivity index (χ2n) is 10.9. The number of thioether (sulfide) groups is 1. The van der Waals surface area contributed by atoms with Gasteiger partial charge in [0.1, 0.15) is 66.1 Å². The zero-order valence-corrected chi connectivity index (χ0v) is 25.9. The van der Waals surface area contributed by atoms with Crippen LogP contribution in [0, 0.1) is 0 Å². The van der Waals surface area contributed by atoms with E-state index in [0.29, 0.717) is 11.2 Å². The molecule has 45 heavy (non-hydrogen) atoms.